The average Bonchev–Trinajstić information content (AvgIpc) is 3.06. The second-order valence-corrected chi connectivity index (χ2v) is 9.06. The van der Waals surface area contributed by atoms with E-state index in [0.29, 0.717) is 13.0 Å². The second kappa shape index (κ2) is 10.3. The lowest BCUT2D eigenvalue weighted by Crippen LogP contribution is -2.34. The second-order valence-electron chi connectivity index (χ2n) is 6.27. The summed E-state index contributed by atoms with van der Waals surface area (Å²) in [4.78, 5) is 14.2. The number of hydrogen-bond donors (Lipinski definition) is 1. The van der Waals surface area contributed by atoms with E-state index in [1.165, 1.54) is 30.6 Å². The number of nitrogens with zero attached hydrogens (tertiary/aromatic N) is 1. The maximum Gasteiger partial charge on any atom is 0.220 e. The molecule has 1 saturated heterocycles. The highest BCUT2D eigenvalue weighted by atomic mass is 33.1. The van der Waals surface area contributed by atoms with Gasteiger partial charge in [-0.05, 0) is 38.9 Å². The fourth-order valence-corrected chi connectivity index (χ4v) is 5.82. The van der Waals surface area contributed by atoms with E-state index in [4.69, 9.17) is 0 Å². The molecule has 23 heavy (non-hydrogen) atoms. The van der Waals surface area contributed by atoms with Crippen molar-refractivity contribution in [3.05, 3.63) is 35.9 Å². The zero-order chi connectivity index (χ0) is 16.5. The third-order valence-corrected chi connectivity index (χ3v) is 7.21. The molecule has 1 heterocycles. The molecule has 2 unspecified atom stereocenters. The first kappa shape index (κ1) is 18.7. The number of carbonyl (C=O) groups is 1. The Hall–Kier alpha value is -0.650. The fourth-order valence-electron chi connectivity index (χ4n) is 2.79. The summed E-state index contributed by atoms with van der Waals surface area (Å²) in [5, 5.41) is 3.92. The Balaban J connectivity index is 1.65. The van der Waals surface area contributed by atoms with Crippen molar-refractivity contribution in [3.8, 4) is 0 Å². The highest BCUT2D eigenvalue weighted by Gasteiger charge is 2.17. The molecule has 3 nitrogen and oxygen atoms in total. The van der Waals surface area contributed by atoms with Gasteiger partial charge in [0, 0.05) is 24.0 Å². The summed E-state index contributed by atoms with van der Waals surface area (Å²) in [6.45, 7) is 0.672. The first-order valence-corrected chi connectivity index (χ1v) is 10.8. The van der Waals surface area contributed by atoms with Crippen molar-refractivity contribution in [1.29, 1.82) is 0 Å². The molecule has 2 atom stereocenters. The van der Waals surface area contributed by atoms with Crippen LogP contribution in [0.4, 0.5) is 0 Å². The van der Waals surface area contributed by atoms with Crippen molar-refractivity contribution < 1.29 is 4.79 Å². The Labute approximate surface area is 148 Å². The van der Waals surface area contributed by atoms with E-state index in [2.05, 4.69) is 36.4 Å². The van der Waals surface area contributed by atoms with Gasteiger partial charge in [0.2, 0.25) is 5.91 Å². The van der Waals surface area contributed by atoms with Crippen LogP contribution in [-0.4, -0.2) is 42.4 Å². The minimum absolute atomic E-state index is 0.182. The van der Waals surface area contributed by atoms with E-state index in [1.54, 1.807) is 0 Å². The van der Waals surface area contributed by atoms with Gasteiger partial charge in [0.1, 0.15) is 0 Å². The summed E-state index contributed by atoms with van der Waals surface area (Å²) < 4.78 is 0. The maximum atomic E-state index is 12.1. The van der Waals surface area contributed by atoms with Crippen molar-refractivity contribution >= 4 is 27.5 Å². The largest absolute Gasteiger partial charge is 0.354 e. The fraction of sp³-hybridized carbons (Fsp3) is 0.611. The first-order chi connectivity index (χ1) is 11.2. The zero-order valence-corrected chi connectivity index (χ0v) is 15.8. The lowest BCUT2D eigenvalue weighted by molar-refractivity contribution is -0.121. The van der Waals surface area contributed by atoms with Crippen molar-refractivity contribution in [2.75, 3.05) is 26.4 Å². The SMILES string of the molecule is CN(C)C(CNC(=O)CCCCC1CCSS1)c1ccccc1. The number of amides is 1. The van der Waals surface area contributed by atoms with Crippen LogP contribution in [0.3, 0.4) is 0 Å². The van der Waals surface area contributed by atoms with Gasteiger partial charge in [0.15, 0.2) is 0 Å². The number of rotatable bonds is 9. The van der Waals surface area contributed by atoms with Crippen molar-refractivity contribution in [2.45, 2.75) is 43.4 Å². The normalized spacial score (nSPS) is 19.0. The molecule has 128 valence electrons. The molecule has 2 rings (SSSR count). The summed E-state index contributed by atoms with van der Waals surface area (Å²) in [5.74, 6) is 1.47. The van der Waals surface area contributed by atoms with Crippen LogP contribution in [-0.2, 0) is 4.79 Å². The topological polar surface area (TPSA) is 32.3 Å². The van der Waals surface area contributed by atoms with E-state index in [0.717, 1.165) is 11.7 Å². The van der Waals surface area contributed by atoms with Crippen LogP contribution >= 0.6 is 21.6 Å². The maximum absolute atomic E-state index is 12.1. The molecule has 1 fully saturated rings. The number of carbonyl (C=O) groups excluding carboxylic acids is 1. The molecule has 1 aromatic carbocycles. The molecule has 0 aromatic heterocycles. The smallest absolute Gasteiger partial charge is 0.220 e. The highest BCUT2D eigenvalue weighted by molar-refractivity contribution is 8.77. The Bertz CT molecular complexity index is 461. The third-order valence-electron chi connectivity index (χ3n) is 4.21. The third kappa shape index (κ3) is 6.77. The van der Waals surface area contributed by atoms with Crippen LogP contribution < -0.4 is 5.32 Å². The summed E-state index contributed by atoms with van der Waals surface area (Å²) in [7, 11) is 8.13. The van der Waals surface area contributed by atoms with E-state index in [9.17, 15) is 4.79 Å². The quantitative estimate of drug-likeness (QED) is 0.535. The van der Waals surface area contributed by atoms with Crippen LogP contribution in [0, 0.1) is 0 Å². The van der Waals surface area contributed by atoms with Crippen LogP contribution in [0.5, 0.6) is 0 Å². The van der Waals surface area contributed by atoms with Gasteiger partial charge in [-0.1, -0.05) is 58.3 Å². The van der Waals surface area contributed by atoms with Gasteiger partial charge in [0.25, 0.3) is 0 Å². The molecule has 5 heteroatoms. The predicted octanol–water partition coefficient (Wildman–Crippen LogP) is 4.12. The van der Waals surface area contributed by atoms with E-state index >= 15 is 0 Å². The molecule has 1 N–H and O–H groups in total. The van der Waals surface area contributed by atoms with Gasteiger partial charge in [-0.25, -0.2) is 0 Å². The molecule has 1 aliphatic heterocycles. The van der Waals surface area contributed by atoms with Crippen molar-refractivity contribution in [3.63, 3.8) is 0 Å². The molecule has 0 bridgehead atoms. The van der Waals surface area contributed by atoms with Gasteiger partial charge in [-0.15, -0.1) is 0 Å². The van der Waals surface area contributed by atoms with Gasteiger partial charge in [0.05, 0.1) is 6.04 Å². The lowest BCUT2D eigenvalue weighted by Gasteiger charge is -2.25. The van der Waals surface area contributed by atoms with Gasteiger partial charge < -0.3 is 10.2 Å². The van der Waals surface area contributed by atoms with Crippen molar-refractivity contribution in [1.82, 2.24) is 10.2 Å². The highest BCUT2D eigenvalue weighted by Crippen LogP contribution is 2.39. The number of likely N-dealkylation sites (N-methyl/N-ethyl adjacent to an activating group) is 1. The van der Waals surface area contributed by atoms with Gasteiger partial charge >= 0.3 is 0 Å². The summed E-state index contributed by atoms with van der Waals surface area (Å²) >= 11 is 0. The number of hydrogen-bond acceptors (Lipinski definition) is 4. The summed E-state index contributed by atoms with van der Waals surface area (Å²) in [5.41, 5.74) is 1.24. The average molecular weight is 353 g/mol. The van der Waals surface area contributed by atoms with Crippen LogP contribution in [0.2, 0.25) is 0 Å². The van der Waals surface area contributed by atoms with E-state index in [1.807, 2.05) is 39.8 Å². The summed E-state index contributed by atoms with van der Waals surface area (Å²) in [6.07, 6.45) is 5.42. The van der Waals surface area contributed by atoms with E-state index < -0.39 is 0 Å². The Morgan fingerprint density at radius 1 is 1.30 bits per heavy atom. The molecule has 1 amide bonds. The Kier molecular flexibility index (Phi) is 8.34. The minimum Gasteiger partial charge on any atom is -0.354 e. The molecule has 0 saturated carbocycles. The molecule has 0 aliphatic carbocycles. The molecule has 0 radical (unpaired) electrons. The number of benzene rings is 1. The minimum atomic E-state index is 0.182. The molecular weight excluding hydrogens is 324 g/mol. The van der Waals surface area contributed by atoms with Crippen LogP contribution in [0.25, 0.3) is 0 Å². The van der Waals surface area contributed by atoms with Crippen LogP contribution in [0.15, 0.2) is 30.3 Å². The molecule has 1 aromatic rings. The van der Waals surface area contributed by atoms with E-state index in [-0.39, 0.29) is 11.9 Å². The first-order valence-electron chi connectivity index (χ1n) is 8.43. The summed E-state index contributed by atoms with van der Waals surface area (Å²) in [6, 6.07) is 10.6. The Morgan fingerprint density at radius 2 is 2.09 bits per heavy atom. The lowest BCUT2D eigenvalue weighted by atomic mass is 10.1. The van der Waals surface area contributed by atoms with Crippen molar-refractivity contribution in [2.24, 2.45) is 0 Å². The van der Waals surface area contributed by atoms with Gasteiger partial charge in [-0.3, -0.25) is 4.79 Å². The number of unbranched alkanes of at least 4 members (excludes halogenated alkanes) is 1. The Morgan fingerprint density at radius 3 is 2.74 bits per heavy atom. The van der Waals surface area contributed by atoms with Gasteiger partial charge in [-0.2, -0.15) is 0 Å². The van der Waals surface area contributed by atoms with Crippen LogP contribution in [0.1, 0.15) is 43.7 Å². The standard InChI is InChI=1S/C18H28N2OS2/c1-20(2)17(15-8-4-3-5-9-15)14-19-18(21)11-7-6-10-16-12-13-22-23-16/h3-5,8-9,16-17H,6-7,10-14H2,1-2H3,(H,19,21). The number of nitrogens with one attached hydrogen (secondary N) is 1. The monoisotopic (exact) mass is 352 g/mol. The molecule has 1 aliphatic rings. The zero-order valence-electron chi connectivity index (χ0n) is 14.2. The molecular formula is C18H28N2OS2. The predicted molar refractivity (Wildman–Crippen MR) is 103 cm³/mol. The molecule has 0 spiro atoms.